The molecule has 3 rings (SSSR count). The van der Waals surface area contributed by atoms with E-state index in [2.05, 4.69) is 4.98 Å². The third kappa shape index (κ3) is 3.39. The largest absolute Gasteiger partial charge is 0.497 e. The Bertz CT molecular complexity index is 798. The molecule has 0 bridgehead atoms. The van der Waals surface area contributed by atoms with Gasteiger partial charge in [0, 0.05) is 23.2 Å². The van der Waals surface area contributed by atoms with Crippen molar-refractivity contribution in [2.75, 3.05) is 7.11 Å². The number of alkyl halides is 1. The molecule has 0 spiro atoms. The number of rotatable bonds is 5. The zero-order chi connectivity index (χ0) is 18.0. The molecule has 0 fully saturated rings. The second-order valence-electron chi connectivity index (χ2n) is 6.17. The second-order valence-corrected chi connectivity index (χ2v) is 6.58. The minimum atomic E-state index is -2.11. The van der Waals surface area contributed by atoms with Crippen LogP contribution in [0, 0.1) is 0 Å². The number of aryl methyl sites for hydroxylation is 1. The topological polar surface area (TPSA) is 59.4 Å². The molecule has 1 aromatic heterocycles. The van der Waals surface area contributed by atoms with Crippen molar-refractivity contribution in [3.05, 3.63) is 58.4 Å². The lowest BCUT2D eigenvalue weighted by molar-refractivity contribution is -0.133. The number of aliphatic hydroxyl groups is 1. The fourth-order valence-electron chi connectivity index (χ4n) is 3.22. The minimum absolute atomic E-state index is 0.0208. The smallest absolute Gasteiger partial charge is 0.195 e. The molecule has 0 saturated carbocycles. The van der Waals surface area contributed by atoms with Crippen LogP contribution >= 0.6 is 11.6 Å². The predicted octanol–water partition coefficient (Wildman–Crippen LogP) is 3.94. The van der Waals surface area contributed by atoms with Crippen LogP contribution < -0.4 is 4.74 Å². The van der Waals surface area contributed by atoms with E-state index in [4.69, 9.17) is 16.3 Å². The number of ether oxygens (including phenoxy) is 1. The fraction of sp³-hybridized carbons (Fsp3) is 0.368. The van der Waals surface area contributed by atoms with Crippen molar-refractivity contribution in [3.63, 3.8) is 0 Å². The number of nitrogens with zero attached hydrogens (tertiary/aromatic N) is 1. The van der Waals surface area contributed by atoms with Gasteiger partial charge in [-0.3, -0.25) is 9.78 Å². The van der Waals surface area contributed by atoms with E-state index in [0.29, 0.717) is 17.2 Å². The molecule has 0 unspecified atom stereocenters. The van der Waals surface area contributed by atoms with E-state index >= 15 is 4.39 Å². The van der Waals surface area contributed by atoms with Crippen LogP contribution in [0.1, 0.15) is 42.2 Å². The number of Topliss-reactive ketones (excluding diaryl/α,β-unsaturated/α-hetero) is 1. The lowest BCUT2D eigenvalue weighted by atomic mass is 9.77. The number of hydrogen-bond donors (Lipinski definition) is 1. The van der Waals surface area contributed by atoms with Crippen LogP contribution in [0.2, 0.25) is 5.02 Å². The third-order valence-electron chi connectivity index (χ3n) is 4.67. The molecule has 1 aliphatic rings. The molecule has 1 N–H and O–H groups in total. The molecule has 0 saturated heterocycles. The zero-order valence-corrected chi connectivity index (χ0v) is 14.6. The maximum absolute atomic E-state index is 15.5. The number of benzene rings is 1. The van der Waals surface area contributed by atoms with Crippen molar-refractivity contribution in [2.45, 2.75) is 37.5 Å². The van der Waals surface area contributed by atoms with Crippen LogP contribution in [0.3, 0.4) is 0 Å². The van der Waals surface area contributed by atoms with Crippen molar-refractivity contribution in [1.29, 1.82) is 0 Å². The summed E-state index contributed by atoms with van der Waals surface area (Å²) in [4.78, 5) is 16.7. The summed E-state index contributed by atoms with van der Waals surface area (Å²) in [5.41, 5.74) is -0.907. The van der Waals surface area contributed by atoms with Crippen LogP contribution in [0.15, 0.2) is 36.5 Å². The van der Waals surface area contributed by atoms with Crippen molar-refractivity contribution in [2.24, 2.45) is 0 Å². The third-order valence-corrected chi connectivity index (χ3v) is 5.02. The molecule has 2 aromatic rings. The Balaban J connectivity index is 1.78. The first-order valence-corrected chi connectivity index (χ1v) is 8.51. The van der Waals surface area contributed by atoms with Crippen LogP contribution in [0.4, 0.5) is 4.39 Å². The molecule has 132 valence electrons. The molecule has 1 aromatic carbocycles. The number of carbonyl (C=O) groups excluding carboxylic acids is 1. The van der Waals surface area contributed by atoms with Gasteiger partial charge in [0.1, 0.15) is 5.75 Å². The molecule has 6 heteroatoms. The normalized spacial score (nSPS) is 22.3. The summed E-state index contributed by atoms with van der Waals surface area (Å²) in [6.45, 7) is 0. The number of aromatic nitrogens is 1. The molecular formula is C19H19ClFNO3. The zero-order valence-electron chi connectivity index (χ0n) is 13.8. The quantitative estimate of drug-likeness (QED) is 0.874. The van der Waals surface area contributed by atoms with Crippen molar-refractivity contribution in [1.82, 2.24) is 4.98 Å². The molecule has 4 nitrogen and oxygen atoms in total. The molecule has 1 aliphatic carbocycles. The summed E-state index contributed by atoms with van der Waals surface area (Å²) >= 11 is 6.18. The Labute approximate surface area is 150 Å². The van der Waals surface area contributed by atoms with Gasteiger partial charge >= 0.3 is 0 Å². The molecule has 2 atom stereocenters. The molecule has 0 amide bonds. The minimum Gasteiger partial charge on any atom is -0.497 e. The summed E-state index contributed by atoms with van der Waals surface area (Å²) in [7, 11) is 1.55. The van der Waals surface area contributed by atoms with E-state index in [9.17, 15) is 9.90 Å². The van der Waals surface area contributed by atoms with Gasteiger partial charge in [-0.1, -0.05) is 23.7 Å². The van der Waals surface area contributed by atoms with Gasteiger partial charge in [0.25, 0.3) is 0 Å². The van der Waals surface area contributed by atoms with E-state index in [1.165, 1.54) is 12.3 Å². The molecule has 0 aliphatic heterocycles. The van der Waals surface area contributed by atoms with Gasteiger partial charge < -0.3 is 9.84 Å². The summed E-state index contributed by atoms with van der Waals surface area (Å²) in [6, 6.07) is 8.32. The fourth-order valence-corrected chi connectivity index (χ4v) is 3.48. The number of halogens is 2. The van der Waals surface area contributed by atoms with Crippen molar-refractivity contribution in [3.8, 4) is 5.75 Å². The first-order valence-electron chi connectivity index (χ1n) is 8.14. The predicted molar refractivity (Wildman–Crippen MR) is 92.5 cm³/mol. The SMILES string of the molecule is COc1ccc(CCC(=O)[C@]2(F)CC[C@H](O)c3ncccc32)c(Cl)c1. The van der Waals surface area contributed by atoms with E-state index in [-0.39, 0.29) is 30.5 Å². The van der Waals surface area contributed by atoms with Crippen LogP contribution in [-0.2, 0) is 16.9 Å². The number of methoxy groups -OCH3 is 1. The summed E-state index contributed by atoms with van der Waals surface area (Å²) < 4.78 is 20.6. The Morgan fingerprint density at radius 1 is 1.48 bits per heavy atom. The summed E-state index contributed by atoms with van der Waals surface area (Å²) in [5.74, 6) is 0.115. The van der Waals surface area contributed by atoms with Crippen LogP contribution in [0.25, 0.3) is 0 Å². The van der Waals surface area contributed by atoms with Gasteiger partial charge in [0.15, 0.2) is 11.5 Å². The summed E-state index contributed by atoms with van der Waals surface area (Å²) in [5, 5.41) is 10.5. The van der Waals surface area contributed by atoms with E-state index in [0.717, 1.165) is 5.56 Å². The van der Waals surface area contributed by atoms with Crippen LogP contribution in [-0.4, -0.2) is 23.0 Å². The van der Waals surface area contributed by atoms with E-state index in [1.807, 2.05) is 0 Å². The van der Waals surface area contributed by atoms with Crippen LogP contribution in [0.5, 0.6) is 5.75 Å². The van der Waals surface area contributed by atoms with Gasteiger partial charge in [-0.15, -0.1) is 0 Å². The van der Waals surface area contributed by atoms with E-state index < -0.39 is 17.6 Å². The number of hydrogen-bond acceptors (Lipinski definition) is 4. The standard InChI is InChI=1S/C19H19ClFNO3/c1-25-13-6-4-12(15(20)11-13)5-7-17(24)19(21)9-8-16(23)18-14(19)3-2-10-22-18/h2-4,6,10-11,16,23H,5,7-9H2,1H3/t16-,19-/m0/s1. The first-order chi connectivity index (χ1) is 12.0. The molecule has 25 heavy (non-hydrogen) atoms. The van der Waals surface area contributed by atoms with Gasteiger partial charge in [-0.25, -0.2) is 4.39 Å². The van der Waals surface area contributed by atoms with Gasteiger partial charge in [0.05, 0.1) is 18.9 Å². The maximum atomic E-state index is 15.5. The average molecular weight is 364 g/mol. The monoisotopic (exact) mass is 363 g/mol. The number of ketones is 1. The Hall–Kier alpha value is -1.98. The highest BCUT2D eigenvalue weighted by molar-refractivity contribution is 6.31. The Kier molecular flexibility index (Phi) is 5.06. The summed E-state index contributed by atoms with van der Waals surface area (Å²) in [6.07, 6.45) is 1.16. The highest BCUT2D eigenvalue weighted by atomic mass is 35.5. The highest BCUT2D eigenvalue weighted by Gasteiger charge is 2.45. The molecule has 0 radical (unpaired) electrons. The maximum Gasteiger partial charge on any atom is 0.195 e. The first kappa shape index (κ1) is 17.8. The average Bonchev–Trinajstić information content (AvgIpc) is 2.63. The number of carbonyl (C=O) groups is 1. The number of aliphatic hydroxyl groups excluding tert-OH is 1. The second kappa shape index (κ2) is 7.10. The molecule has 1 heterocycles. The van der Waals surface area contributed by atoms with Crippen molar-refractivity contribution >= 4 is 17.4 Å². The lowest BCUT2D eigenvalue weighted by Crippen LogP contribution is -2.36. The number of pyridine rings is 1. The van der Waals surface area contributed by atoms with Gasteiger partial charge in [0.2, 0.25) is 0 Å². The highest BCUT2D eigenvalue weighted by Crippen LogP contribution is 2.43. The van der Waals surface area contributed by atoms with Crippen molar-refractivity contribution < 1.29 is 19.0 Å². The lowest BCUT2D eigenvalue weighted by Gasteiger charge is -2.32. The van der Waals surface area contributed by atoms with E-state index in [1.54, 1.807) is 31.4 Å². The Morgan fingerprint density at radius 3 is 3.00 bits per heavy atom. The van der Waals surface area contributed by atoms with Gasteiger partial charge in [-0.2, -0.15) is 0 Å². The molecular weight excluding hydrogens is 345 g/mol. The number of fused-ring (bicyclic) bond motifs is 1. The van der Waals surface area contributed by atoms with Gasteiger partial charge in [-0.05, 0) is 43.0 Å². The Morgan fingerprint density at radius 2 is 2.28 bits per heavy atom.